The van der Waals surface area contributed by atoms with Gasteiger partial charge in [-0.3, -0.25) is 4.79 Å². The van der Waals surface area contributed by atoms with E-state index in [0.29, 0.717) is 6.54 Å². The molecule has 0 aliphatic carbocycles. The highest BCUT2D eigenvalue weighted by Gasteiger charge is 2.37. The largest absolute Gasteiger partial charge is 0.497 e. The number of carbonyl (C=O) groups is 1. The summed E-state index contributed by atoms with van der Waals surface area (Å²) in [6, 6.07) is 17.6. The lowest BCUT2D eigenvalue weighted by molar-refractivity contribution is -0.138. The third kappa shape index (κ3) is 4.83. The van der Waals surface area contributed by atoms with Gasteiger partial charge in [-0.1, -0.05) is 42.5 Å². The summed E-state index contributed by atoms with van der Waals surface area (Å²) in [5.74, 6) is 0.486. The highest BCUT2D eigenvalue weighted by molar-refractivity contribution is 8.08. The molecule has 0 radical (unpaired) electrons. The first kappa shape index (κ1) is 21.4. The summed E-state index contributed by atoms with van der Waals surface area (Å²) in [7, 11) is 5.57. The van der Waals surface area contributed by atoms with Gasteiger partial charge in [0.1, 0.15) is 11.9 Å². The number of nitrogens with zero attached hydrogens (tertiary/aromatic N) is 2. The lowest BCUT2D eigenvalue weighted by Gasteiger charge is -2.27. The van der Waals surface area contributed by atoms with Crippen LogP contribution in [0.5, 0.6) is 5.75 Å². The van der Waals surface area contributed by atoms with E-state index in [1.165, 1.54) is 0 Å². The van der Waals surface area contributed by atoms with Gasteiger partial charge in [0.2, 0.25) is 0 Å². The first-order valence-corrected chi connectivity index (χ1v) is 10.5. The number of ether oxygens (including phenoxy) is 1. The maximum Gasteiger partial charge on any atom is 0.257 e. The summed E-state index contributed by atoms with van der Waals surface area (Å²) in [5.41, 5.74) is 2.82. The van der Waals surface area contributed by atoms with E-state index in [0.717, 1.165) is 34.0 Å². The van der Waals surface area contributed by atoms with Crippen molar-refractivity contribution in [1.29, 1.82) is 0 Å². The van der Waals surface area contributed by atoms with Gasteiger partial charge in [-0.25, -0.2) is 0 Å². The van der Waals surface area contributed by atoms with Crippen LogP contribution in [0.15, 0.2) is 60.3 Å². The van der Waals surface area contributed by atoms with Gasteiger partial charge < -0.3 is 19.6 Å². The van der Waals surface area contributed by atoms with Crippen LogP contribution in [0.1, 0.15) is 23.3 Å². The average molecular weight is 413 g/mol. The molecule has 0 aromatic heterocycles. The number of likely N-dealkylation sites (N-methyl/N-ethyl adjacent to an activating group) is 1. The predicted octanol–water partition coefficient (Wildman–Crippen LogP) is 3.62. The summed E-state index contributed by atoms with van der Waals surface area (Å²) in [6.45, 7) is 3.21. The SMILES string of the molecule is COc1ccc([C@H]2SC(c3ccccc3)=C(C)N(CCN(C)C)C(=O)[C@@H]2O)cc1. The normalized spacial score (nSPS) is 20.2. The van der Waals surface area contributed by atoms with Gasteiger partial charge in [0.25, 0.3) is 5.91 Å². The number of methoxy groups -OCH3 is 1. The third-order valence-corrected chi connectivity index (χ3v) is 6.59. The van der Waals surface area contributed by atoms with Crippen molar-refractivity contribution in [3.05, 3.63) is 71.4 Å². The van der Waals surface area contributed by atoms with Gasteiger partial charge in [0.05, 0.1) is 12.4 Å². The number of thioether (sulfide) groups is 1. The number of aliphatic hydroxyl groups is 1. The van der Waals surface area contributed by atoms with Crippen molar-refractivity contribution in [3.63, 3.8) is 0 Å². The molecular weight excluding hydrogens is 384 g/mol. The van der Waals surface area contributed by atoms with Crippen LogP contribution in [0.2, 0.25) is 0 Å². The van der Waals surface area contributed by atoms with Gasteiger partial charge in [0.15, 0.2) is 0 Å². The number of amides is 1. The number of carbonyl (C=O) groups excluding carboxylic acids is 1. The lowest BCUT2D eigenvalue weighted by atomic mass is 10.1. The number of allylic oxidation sites excluding steroid dienone is 1. The van der Waals surface area contributed by atoms with Crippen molar-refractivity contribution in [2.75, 3.05) is 34.3 Å². The zero-order valence-corrected chi connectivity index (χ0v) is 18.1. The fourth-order valence-corrected chi connectivity index (χ4v) is 4.69. The Labute approximate surface area is 177 Å². The second-order valence-corrected chi connectivity index (χ2v) is 8.48. The second kappa shape index (κ2) is 9.48. The number of hydrogen-bond donors (Lipinski definition) is 1. The highest BCUT2D eigenvalue weighted by atomic mass is 32.2. The molecule has 1 N–H and O–H groups in total. The molecule has 1 aliphatic rings. The maximum atomic E-state index is 13.2. The molecule has 0 bridgehead atoms. The number of rotatable bonds is 6. The molecule has 0 unspecified atom stereocenters. The van der Waals surface area contributed by atoms with Crippen LogP contribution >= 0.6 is 11.8 Å². The first-order chi connectivity index (χ1) is 13.9. The molecule has 0 fully saturated rings. The predicted molar refractivity (Wildman–Crippen MR) is 119 cm³/mol. The summed E-state index contributed by atoms with van der Waals surface area (Å²) in [5, 5.41) is 10.6. The van der Waals surface area contributed by atoms with E-state index in [9.17, 15) is 9.90 Å². The smallest absolute Gasteiger partial charge is 0.257 e. The van der Waals surface area contributed by atoms with Crippen molar-refractivity contribution in [2.45, 2.75) is 18.3 Å². The monoisotopic (exact) mass is 412 g/mol. The minimum atomic E-state index is -1.13. The number of benzene rings is 2. The number of hydrogen-bond acceptors (Lipinski definition) is 5. The Morgan fingerprint density at radius 1 is 1.10 bits per heavy atom. The van der Waals surface area contributed by atoms with E-state index >= 15 is 0 Å². The van der Waals surface area contributed by atoms with E-state index in [1.54, 1.807) is 23.8 Å². The van der Waals surface area contributed by atoms with Crippen LogP contribution in [0, 0.1) is 0 Å². The quantitative estimate of drug-likeness (QED) is 0.785. The Balaban J connectivity index is 2.04. The molecule has 5 nitrogen and oxygen atoms in total. The summed E-state index contributed by atoms with van der Waals surface area (Å²) in [6.07, 6.45) is -1.13. The van der Waals surface area contributed by atoms with E-state index in [4.69, 9.17) is 4.74 Å². The molecule has 1 amide bonds. The molecule has 0 saturated carbocycles. The standard InChI is InChI=1S/C23H28N2O3S/c1-16-21(17-8-6-5-7-9-17)29-22(18-10-12-19(28-4)13-11-18)20(26)23(27)25(16)15-14-24(2)3/h5-13,20,22,26H,14-15H2,1-4H3/t20-,22-/m1/s1. The van der Waals surface area contributed by atoms with Crippen molar-refractivity contribution in [2.24, 2.45) is 0 Å². The second-order valence-electron chi connectivity index (χ2n) is 7.33. The summed E-state index contributed by atoms with van der Waals surface area (Å²) < 4.78 is 5.25. The minimum absolute atomic E-state index is 0.261. The summed E-state index contributed by atoms with van der Waals surface area (Å²) >= 11 is 1.54. The lowest BCUT2D eigenvalue weighted by Crippen LogP contribution is -2.42. The third-order valence-electron chi connectivity index (χ3n) is 5.04. The molecule has 0 saturated heterocycles. The Kier molecular flexibility index (Phi) is 7.00. The van der Waals surface area contributed by atoms with E-state index < -0.39 is 11.4 Å². The van der Waals surface area contributed by atoms with E-state index in [1.807, 2.05) is 80.5 Å². The molecule has 154 valence electrons. The molecule has 1 aliphatic heterocycles. The fourth-order valence-electron chi connectivity index (χ4n) is 3.34. The minimum Gasteiger partial charge on any atom is -0.497 e. The van der Waals surface area contributed by atoms with Crippen molar-refractivity contribution in [1.82, 2.24) is 9.80 Å². The molecule has 29 heavy (non-hydrogen) atoms. The maximum absolute atomic E-state index is 13.2. The summed E-state index contributed by atoms with van der Waals surface area (Å²) in [4.78, 5) is 18.0. The fraction of sp³-hybridized carbons (Fsp3) is 0.348. The van der Waals surface area contributed by atoms with Crippen LogP contribution in [-0.4, -0.2) is 61.2 Å². The molecule has 2 atom stereocenters. The van der Waals surface area contributed by atoms with Gasteiger partial charge in [-0.05, 0) is 44.3 Å². The van der Waals surface area contributed by atoms with Gasteiger partial charge in [-0.15, -0.1) is 11.8 Å². The molecule has 3 rings (SSSR count). The topological polar surface area (TPSA) is 53.0 Å². The van der Waals surface area contributed by atoms with Crippen LogP contribution in [0.4, 0.5) is 0 Å². The Morgan fingerprint density at radius 3 is 2.34 bits per heavy atom. The Bertz CT molecular complexity index is 865. The Hall–Kier alpha value is -2.28. The van der Waals surface area contributed by atoms with Crippen LogP contribution < -0.4 is 4.74 Å². The molecule has 6 heteroatoms. The number of aliphatic hydroxyl groups excluding tert-OH is 1. The van der Waals surface area contributed by atoms with Gasteiger partial charge in [0, 0.05) is 23.7 Å². The van der Waals surface area contributed by atoms with Crippen molar-refractivity contribution in [3.8, 4) is 5.75 Å². The molecule has 0 spiro atoms. The zero-order valence-electron chi connectivity index (χ0n) is 17.3. The van der Waals surface area contributed by atoms with E-state index in [2.05, 4.69) is 0 Å². The van der Waals surface area contributed by atoms with Crippen LogP contribution in [0.3, 0.4) is 0 Å². The first-order valence-electron chi connectivity index (χ1n) is 9.63. The highest BCUT2D eigenvalue weighted by Crippen LogP contribution is 2.47. The molecule has 2 aromatic rings. The average Bonchev–Trinajstić information content (AvgIpc) is 2.82. The van der Waals surface area contributed by atoms with Crippen molar-refractivity contribution >= 4 is 22.6 Å². The van der Waals surface area contributed by atoms with Crippen LogP contribution in [-0.2, 0) is 4.79 Å². The zero-order chi connectivity index (χ0) is 21.0. The van der Waals surface area contributed by atoms with E-state index in [-0.39, 0.29) is 5.91 Å². The molecule has 1 heterocycles. The Morgan fingerprint density at radius 2 is 1.76 bits per heavy atom. The van der Waals surface area contributed by atoms with Crippen LogP contribution in [0.25, 0.3) is 4.91 Å². The van der Waals surface area contributed by atoms with Gasteiger partial charge in [-0.2, -0.15) is 0 Å². The van der Waals surface area contributed by atoms with Gasteiger partial charge >= 0.3 is 0 Å². The molecule has 2 aromatic carbocycles. The molecular formula is C23H28N2O3S. The van der Waals surface area contributed by atoms with Crippen molar-refractivity contribution < 1.29 is 14.6 Å².